The Hall–Kier alpha value is -0.880. The molecule has 0 aromatic rings. The first-order valence-electron chi connectivity index (χ1n) is 5.05. The number of thiocarbonyl (C=S) groups is 1. The lowest BCUT2D eigenvalue weighted by molar-refractivity contribution is -0.135. The molecule has 1 rings (SSSR count). The van der Waals surface area contributed by atoms with Crippen molar-refractivity contribution in [2.45, 2.75) is 6.42 Å². The molecule has 15 heavy (non-hydrogen) atoms. The molecule has 6 heteroatoms. The third-order valence-corrected chi connectivity index (χ3v) is 2.56. The van der Waals surface area contributed by atoms with Crippen LogP contribution in [0, 0.1) is 0 Å². The van der Waals surface area contributed by atoms with Gasteiger partial charge in [0.25, 0.3) is 0 Å². The SMILES string of the molecule is CNC(=S)NCCC(=O)N1CCOCC1. The molecular weight excluding hydrogens is 214 g/mol. The number of amides is 1. The first-order chi connectivity index (χ1) is 7.24. The number of rotatable bonds is 3. The Morgan fingerprint density at radius 2 is 2.13 bits per heavy atom. The summed E-state index contributed by atoms with van der Waals surface area (Å²) in [5.41, 5.74) is 0. The van der Waals surface area contributed by atoms with Gasteiger partial charge in [-0.3, -0.25) is 4.79 Å². The molecule has 86 valence electrons. The molecule has 0 spiro atoms. The van der Waals surface area contributed by atoms with Gasteiger partial charge in [-0.05, 0) is 12.2 Å². The van der Waals surface area contributed by atoms with Crippen LogP contribution in [0.3, 0.4) is 0 Å². The van der Waals surface area contributed by atoms with Crippen molar-refractivity contribution in [1.82, 2.24) is 15.5 Å². The summed E-state index contributed by atoms with van der Waals surface area (Å²) < 4.78 is 5.17. The van der Waals surface area contributed by atoms with E-state index in [0.717, 1.165) is 0 Å². The topological polar surface area (TPSA) is 53.6 Å². The molecule has 0 aromatic carbocycles. The maximum atomic E-state index is 11.6. The summed E-state index contributed by atoms with van der Waals surface area (Å²) >= 11 is 4.90. The fourth-order valence-electron chi connectivity index (χ4n) is 1.34. The van der Waals surface area contributed by atoms with Crippen LogP contribution in [0.15, 0.2) is 0 Å². The van der Waals surface area contributed by atoms with Crippen LogP contribution in [-0.2, 0) is 9.53 Å². The quantitative estimate of drug-likeness (QED) is 0.631. The molecule has 2 N–H and O–H groups in total. The van der Waals surface area contributed by atoms with Crippen molar-refractivity contribution >= 4 is 23.2 Å². The highest BCUT2D eigenvalue weighted by Gasteiger charge is 2.15. The average Bonchev–Trinajstić information content (AvgIpc) is 2.29. The van der Waals surface area contributed by atoms with Crippen LogP contribution in [0.2, 0.25) is 0 Å². The number of carbonyl (C=O) groups excluding carboxylic acids is 1. The first kappa shape index (κ1) is 12.2. The zero-order chi connectivity index (χ0) is 11.1. The molecule has 0 aromatic heterocycles. The van der Waals surface area contributed by atoms with Crippen LogP contribution < -0.4 is 10.6 Å². The lowest BCUT2D eigenvalue weighted by Crippen LogP contribution is -2.42. The highest BCUT2D eigenvalue weighted by Crippen LogP contribution is 1.99. The van der Waals surface area contributed by atoms with Gasteiger partial charge in [0.2, 0.25) is 5.91 Å². The van der Waals surface area contributed by atoms with Crippen LogP contribution in [-0.4, -0.2) is 55.8 Å². The van der Waals surface area contributed by atoms with E-state index in [-0.39, 0.29) is 5.91 Å². The van der Waals surface area contributed by atoms with Gasteiger partial charge in [-0.2, -0.15) is 0 Å². The molecule has 0 unspecified atom stereocenters. The van der Waals surface area contributed by atoms with E-state index < -0.39 is 0 Å². The Kier molecular flexibility index (Phi) is 5.34. The second-order valence-electron chi connectivity index (χ2n) is 3.25. The second-order valence-corrected chi connectivity index (χ2v) is 3.66. The number of hydrogen-bond acceptors (Lipinski definition) is 3. The Morgan fingerprint density at radius 1 is 1.47 bits per heavy atom. The molecule has 1 aliphatic rings. The monoisotopic (exact) mass is 231 g/mol. The average molecular weight is 231 g/mol. The van der Waals surface area contributed by atoms with Crippen molar-refractivity contribution < 1.29 is 9.53 Å². The largest absolute Gasteiger partial charge is 0.378 e. The van der Waals surface area contributed by atoms with E-state index in [1.807, 2.05) is 4.90 Å². The molecule has 1 heterocycles. The Balaban J connectivity index is 2.14. The minimum atomic E-state index is 0.157. The van der Waals surface area contributed by atoms with Gasteiger partial charge in [-0.1, -0.05) is 0 Å². The van der Waals surface area contributed by atoms with Gasteiger partial charge in [0, 0.05) is 33.1 Å². The summed E-state index contributed by atoms with van der Waals surface area (Å²) in [5.74, 6) is 0.157. The van der Waals surface area contributed by atoms with E-state index in [2.05, 4.69) is 10.6 Å². The molecular formula is C9H17N3O2S. The fourth-order valence-corrected chi connectivity index (χ4v) is 1.44. The zero-order valence-corrected chi connectivity index (χ0v) is 9.73. The third kappa shape index (κ3) is 4.44. The maximum absolute atomic E-state index is 11.6. The predicted molar refractivity (Wildman–Crippen MR) is 61.7 cm³/mol. The minimum Gasteiger partial charge on any atom is -0.378 e. The summed E-state index contributed by atoms with van der Waals surface area (Å²) in [6.45, 7) is 3.28. The van der Waals surface area contributed by atoms with E-state index in [1.54, 1.807) is 7.05 Å². The summed E-state index contributed by atoms with van der Waals surface area (Å²) in [7, 11) is 1.75. The van der Waals surface area contributed by atoms with Crippen LogP contribution in [0.1, 0.15) is 6.42 Å². The smallest absolute Gasteiger partial charge is 0.224 e. The van der Waals surface area contributed by atoms with Gasteiger partial charge in [-0.25, -0.2) is 0 Å². The number of carbonyl (C=O) groups is 1. The first-order valence-corrected chi connectivity index (χ1v) is 5.46. The van der Waals surface area contributed by atoms with Gasteiger partial charge >= 0.3 is 0 Å². The van der Waals surface area contributed by atoms with E-state index in [4.69, 9.17) is 17.0 Å². The Labute approximate surface area is 95.1 Å². The van der Waals surface area contributed by atoms with Crippen molar-refractivity contribution in [3.63, 3.8) is 0 Å². The van der Waals surface area contributed by atoms with E-state index in [0.29, 0.717) is 44.4 Å². The Morgan fingerprint density at radius 3 is 2.73 bits per heavy atom. The van der Waals surface area contributed by atoms with E-state index in [9.17, 15) is 4.79 Å². The van der Waals surface area contributed by atoms with Crippen molar-refractivity contribution in [3.05, 3.63) is 0 Å². The van der Waals surface area contributed by atoms with Gasteiger partial charge in [0.05, 0.1) is 13.2 Å². The number of ether oxygens (including phenoxy) is 1. The van der Waals surface area contributed by atoms with E-state index in [1.165, 1.54) is 0 Å². The molecule has 1 amide bonds. The van der Waals surface area contributed by atoms with Gasteiger partial charge in [0.15, 0.2) is 5.11 Å². The van der Waals surface area contributed by atoms with Crippen molar-refractivity contribution in [2.24, 2.45) is 0 Å². The van der Waals surface area contributed by atoms with Crippen molar-refractivity contribution in [3.8, 4) is 0 Å². The zero-order valence-electron chi connectivity index (χ0n) is 8.91. The summed E-state index contributed by atoms with van der Waals surface area (Å²) in [6, 6.07) is 0. The third-order valence-electron chi connectivity index (χ3n) is 2.22. The fraction of sp³-hybridized carbons (Fsp3) is 0.778. The van der Waals surface area contributed by atoms with Gasteiger partial charge in [0.1, 0.15) is 0 Å². The minimum absolute atomic E-state index is 0.157. The van der Waals surface area contributed by atoms with Crippen molar-refractivity contribution in [2.75, 3.05) is 39.9 Å². The maximum Gasteiger partial charge on any atom is 0.224 e. The molecule has 0 radical (unpaired) electrons. The van der Waals surface area contributed by atoms with E-state index >= 15 is 0 Å². The standard InChI is InChI=1S/C9H17N3O2S/c1-10-9(15)11-3-2-8(13)12-4-6-14-7-5-12/h2-7H2,1H3,(H2,10,11,15). The summed E-state index contributed by atoms with van der Waals surface area (Å²) in [5, 5.41) is 6.31. The molecule has 0 atom stereocenters. The molecule has 5 nitrogen and oxygen atoms in total. The number of nitrogens with zero attached hydrogens (tertiary/aromatic N) is 1. The second kappa shape index (κ2) is 6.58. The summed E-state index contributed by atoms with van der Waals surface area (Å²) in [6.07, 6.45) is 0.474. The van der Waals surface area contributed by atoms with Gasteiger partial charge < -0.3 is 20.3 Å². The predicted octanol–water partition coefficient (Wildman–Crippen LogP) is -0.671. The molecule has 1 fully saturated rings. The molecule has 0 bridgehead atoms. The molecule has 1 saturated heterocycles. The molecule has 0 aliphatic carbocycles. The van der Waals surface area contributed by atoms with Crippen LogP contribution in [0.5, 0.6) is 0 Å². The lowest BCUT2D eigenvalue weighted by atomic mass is 10.3. The highest BCUT2D eigenvalue weighted by molar-refractivity contribution is 7.80. The highest BCUT2D eigenvalue weighted by atomic mass is 32.1. The number of hydrogen-bond donors (Lipinski definition) is 2. The van der Waals surface area contributed by atoms with Crippen LogP contribution in [0.4, 0.5) is 0 Å². The lowest BCUT2D eigenvalue weighted by Gasteiger charge is -2.26. The van der Waals surface area contributed by atoms with Crippen molar-refractivity contribution in [1.29, 1.82) is 0 Å². The van der Waals surface area contributed by atoms with Gasteiger partial charge in [-0.15, -0.1) is 0 Å². The number of nitrogens with one attached hydrogen (secondary N) is 2. The Bertz CT molecular complexity index is 229. The number of morpholine rings is 1. The normalized spacial score (nSPS) is 15.9. The molecule has 1 aliphatic heterocycles. The van der Waals surface area contributed by atoms with Crippen LogP contribution >= 0.6 is 12.2 Å². The summed E-state index contributed by atoms with van der Waals surface area (Å²) in [4.78, 5) is 13.5. The van der Waals surface area contributed by atoms with Crippen LogP contribution in [0.25, 0.3) is 0 Å². The molecule has 0 saturated carbocycles.